The number of rotatable bonds is 6. The molecule has 22 heavy (non-hydrogen) atoms. The van der Waals surface area contributed by atoms with Crippen molar-refractivity contribution in [2.45, 2.75) is 39.0 Å². The Labute approximate surface area is 131 Å². The van der Waals surface area contributed by atoms with E-state index in [1.807, 2.05) is 24.3 Å². The van der Waals surface area contributed by atoms with Crippen LogP contribution in [0.1, 0.15) is 38.2 Å². The topological polar surface area (TPSA) is 63.6 Å². The highest BCUT2D eigenvalue weighted by Gasteiger charge is 2.35. The molecule has 1 unspecified atom stereocenters. The zero-order chi connectivity index (χ0) is 16.1. The Bertz CT molecular complexity index is 538. The monoisotopic (exact) mass is 304 g/mol. The molecule has 0 aliphatic heterocycles. The lowest BCUT2D eigenvalue weighted by Crippen LogP contribution is -2.34. The van der Waals surface area contributed by atoms with Crippen molar-refractivity contribution in [3.63, 3.8) is 0 Å². The third-order valence-electron chi connectivity index (χ3n) is 4.54. The van der Waals surface area contributed by atoms with E-state index in [0.29, 0.717) is 18.8 Å². The highest BCUT2D eigenvalue weighted by Crippen LogP contribution is 2.36. The van der Waals surface area contributed by atoms with E-state index in [0.717, 1.165) is 24.2 Å². The van der Waals surface area contributed by atoms with E-state index >= 15 is 0 Å². The van der Waals surface area contributed by atoms with Crippen LogP contribution in [0.3, 0.4) is 0 Å². The lowest BCUT2D eigenvalue weighted by Gasteiger charge is -2.34. The van der Waals surface area contributed by atoms with Gasteiger partial charge in [0.05, 0.1) is 7.11 Å². The normalized spacial score (nSPS) is 25.0. The van der Waals surface area contributed by atoms with E-state index in [1.54, 1.807) is 7.11 Å². The largest absolute Gasteiger partial charge is 0.497 e. The van der Waals surface area contributed by atoms with Gasteiger partial charge in [-0.3, -0.25) is 9.59 Å². The Morgan fingerprint density at radius 3 is 2.86 bits per heavy atom. The molecular formula is C18H24O4. The van der Waals surface area contributed by atoms with Gasteiger partial charge in [-0.15, -0.1) is 0 Å². The lowest BCUT2D eigenvalue weighted by molar-refractivity contribution is -0.138. The number of ketones is 1. The van der Waals surface area contributed by atoms with Crippen LogP contribution >= 0.6 is 0 Å². The number of carbonyl (C=O) groups excluding carboxylic acids is 1. The smallest absolute Gasteiger partial charge is 0.303 e. The highest BCUT2D eigenvalue weighted by atomic mass is 16.5. The molecule has 3 atom stereocenters. The number of aliphatic carboxylic acids is 1. The van der Waals surface area contributed by atoms with E-state index < -0.39 is 5.97 Å². The van der Waals surface area contributed by atoms with Gasteiger partial charge in [0.25, 0.3) is 0 Å². The molecule has 0 aromatic heterocycles. The summed E-state index contributed by atoms with van der Waals surface area (Å²) in [5.74, 6) is 0.694. The molecule has 1 N–H and O–H groups in total. The molecule has 1 saturated carbocycles. The first kappa shape index (κ1) is 16.5. The second-order valence-corrected chi connectivity index (χ2v) is 6.37. The minimum Gasteiger partial charge on any atom is -0.497 e. The predicted octanol–water partition coefficient (Wildman–Crippen LogP) is 3.33. The van der Waals surface area contributed by atoms with Crippen molar-refractivity contribution >= 4 is 11.8 Å². The molecule has 1 aliphatic rings. The van der Waals surface area contributed by atoms with Crippen LogP contribution in [0.15, 0.2) is 24.3 Å². The highest BCUT2D eigenvalue weighted by molar-refractivity contribution is 5.83. The SMILES string of the molecule is COc1cccc(C[C@@H]2C[C@@H](C)CC(=O)C2CCC(=O)O)c1. The Morgan fingerprint density at radius 1 is 1.41 bits per heavy atom. The van der Waals surface area contributed by atoms with E-state index in [2.05, 4.69) is 6.92 Å². The van der Waals surface area contributed by atoms with Gasteiger partial charge >= 0.3 is 5.97 Å². The van der Waals surface area contributed by atoms with Crippen LogP contribution in [0.2, 0.25) is 0 Å². The number of carbonyl (C=O) groups is 2. The maximum atomic E-state index is 12.3. The fraction of sp³-hybridized carbons (Fsp3) is 0.556. The van der Waals surface area contributed by atoms with Gasteiger partial charge in [0.1, 0.15) is 11.5 Å². The number of benzene rings is 1. The second kappa shape index (κ2) is 7.43. The van der Waals surface area contributed by atoms with E-state index in [4.69, 9.17) is 9.84 Å². The minimum atomic E-state index is -0.827. The molecule has 1 fully saturated rings. The van der Waals surface area contributed by atoms with Gasteiger partial charge in [0, 0.05) is 18.8 Å². The summed E-state index contributed by atoms with van der Waals surface area (Å²) in [6, 6.07) is 7.90. The predicted molar refractivity (Wildman–Crippen MR) is 84.0 cm³/mol. The number of hydrogen-bond acceptors (Lipinski definition) is 3. The molecule has 0 radical (unpaired) electrons. The van der Waals surface area contributed by atoms with Crippen LogP contribution < -0.4 is 4.74 Å². The van der Waals surface area contributed by atoms with E-state index in [9.17, 15) is 9.59 Å². The van der Waals surface area contributed by atoms with Crippen LogP contribution in [0.5, 0.6) is 5.75 Å². The van der Waals surface area contributed by atoms with Crippen molar-refractivity contribution in [1.29, 1.82) is 0 Å². The van der Waals surface area contributed by atoms with Crippen molar-refractivity contribution in [1.82, 2.24) is 0 Å². The van der Waals surface area contributed by atoms with Gasteiger partial charge in [0.15, 0.2) is 0 Å². The molecule has 0 bridgehead atoms. The Morgan fingerprint density at radius 2 is 2.18 bits per heavy atom. The summed E-state index contributed by atoms with van der Waals surface area (Å²) in [4.78, 5) is 23.2. The van der Waals surface area contributed by atoms with Crippen molar-refractivity contribution in [3.8, 4) is 5.75 Å². The molecule has 1 aromatic rings. The van der Waals surface area contributed by atoms with E-state index in [1.165, 1.54) is 0 Å². The fourth-order valence-electron chi connectivity index (χ4n) is 3.53. The number of carboxylic acid groups (broad SMARTS) is 1. The maximum Gasteiger partial charge on any atom is 0.303 e. The van der Waals surface area contributed by atoms with Crippen LogP contribution in [0, 0.1) is 17.8 Å². The first-order valence-corrected chi connectivity index (χ1v) is 7.87. The molecule has 1 aromatic carbocycles. The molecule has 0 spiro atoms. The van der Waals surface area contributed by atoms with Crippen LogP contribution in [-0.4, -0.2) is 24.0 Å². The van der Waals surface area contributed by atoms with E-state index in [-0.39, 0.29) is 24.0 Å². The Kier molecular flexibility index (Phi) is 5.58. The third-order valence-corrected chi connectivity index (χ3v) is 4.54. The second-order valence-electron chi connectivity index (χ2n) is 6.37. The van der Waals surface area contributed by atoms with Crippen molar-refractivity contribution in [2.24, 2.45) is 17.8 Å². The zero-order valence-electron chi connectivity index (χ0n) is 13.2. The van der Waals surface area contributed by atoms with Gasteiger partial charge < -0.3 is 9.84 Å². The molecule has 0 saturated heterocycles. The van der Waals surface area contributed by atoms with Crippen molar-refractivity contribution in [2.75, 3.05) is 7.11 Å². The van der Waals surface area contributed by atoms with Crippen LogP contribution in [-0.2, 0) is 16.0 Å². The van der Waals surface area contributed by atoms with Gasteiger partial charge in [-0.25, -0.2) is 0 Å². The standard InChI is InChI=1S/C18H24O4/c1-12-8-14(10-13-4-3-5-15(11-13)22-2)16(17(19)9-12)6-7-18(20)21/h3-5,11-12,14,16H,6-10H2,1-2H3,(H,20,21)/t12-,14+,16?/m1/s1. The fourth-order valence-corrected chi connectivity index (χ4v) is 3.53. The van der Waals surface area contributed by atoms with Gasteiger partial charge in [-0.1, -0.05) is 19.1 Å². The summed E-state index contributed by atoms with van der Waals surface area (Å²) in [7, 11) is 1.64. The average Bonchev–Trinajstić information content (AvgIpc) is 2.46. The summed E-state index contributed by atoms with van der Waals surface area (Å²) in [5, 5.41) is 8.90. The third kappa shape index (κ3) is 4.33. The van der Waals surface area contributed by atoms with Crippen LogP contribution in [0.25, 0.3) is 0 Å². The minimum absolute atomic E-state index is 0.0688. The van der Waals surface area contributed by atoms with Crippen molar-refractivity contribution < 1.29 is 19.4 Å². The quantitative estimate of drug-likeness (QED) is 0.875. The van der Waals surface area contributed by atoms with Gasteiger partial charge in [-0.2, -0.15) is 0 Å². The maximum absolute atomic E-state index is 12.3. The number of hydrogen-bond donors (Lipinski definition) is 1. The Hall–Kier alpha value is -1.84. The first-order chi connectivity index (χ1) is 10.5. The Balaban J connectivity index is 2.12. The van der Waals surface area contributed by atoms with Gasteiger partial charge in [0.2, 0.25) is 0 Å². The number of Topliss-reactive ketones (excluding diaryl/α,β-unsaturated/α-hetero) is 1. The molecule has 0 heterocycles. The molecule has 120 valence electrons. The van der Waals surface area contributed by atoms with Crippen molar-refractivity contribution in [3.05, 3.63) is 29.8 Å². The molecule has 1 aliphatic carbocycles. The first-order valence-electron chi connectivity index (χ1n) is 7.87. The number of ether oxygens (including phenoxy) is 1. The zero-order valence-corrected chi connectivity index (χ0v) is 13.2. The number of carboxylic acids is 1. The summed E-state index contributed by atoms with van der Waals surface area (Å²) < 4.78 is 5.25. The lowest BCUT2D eigenvalue weighted by atomic mass is 9.70. The molecule has 4 nitrogen and oxygen atoms in total. The molecular weight excluding hydrogens is 280 g/mol. The van der Waals surface area contributed by atoms with Gasteiger partial charge in [-0.05, 0) is 48.8 Å². The average molecular weight is 304 g/mol. The summed E-state index contributed by atoms with van der Waals surface area (Å²) >= 11 is 0. The van der Waals surface area contributed by atoms with Crippen LogP contribution in [0.4, 0.5) is 0 Å². The molecule has 4 heteroatoms. The summed E-state index contributed by atoms with van der Waals surface area (Å²) in [5.41, 5.74) is 1.14. The number of methoxy groups -OCH3 is 1. The molecule has 2 rings (SSSR count). The summed E-state index contributed by atoms with van der Waals surface area (Å²) in [6.45, 7) is 2.10. The summed E-state index contributed by atoms with van der Waals surface area (Å²) in [6.07, 6.45) is 2.89. The molecule has 0 amide bonds.